The first-order valence-corrected chi connectivity index (χ1v) is 6.04. The first kappa shape index (κ1) is 13.9. The van der Waals surface area contributed by atoms with E-state index in [-0.39, 0.29) is 34.3 Å². The van der Waals surface area contributed by atoms with Gasteiger partial charge < -0.3 is 19.0 Å². The van der Waals surface area contributed by atoms with Crippen molar-refractivity contribution in [1.82, 2.24) is 0 Å². The number of fused-ring (bicyclic) bond motifs is 1. The van der Waals surface area contributed by atoms with E-state index in [0.29, 0.717) is 0 Å². The number of phenolic OH excluding ortho intramolecular Hbond substituents is 1. The predicted octanol–water partition coefficient (Wildman–Crippen LogP) is 2.21. The normalized spacial score (nSPS) is 10.8. The Morgan fingerprint density at radius 1 is 1.30 bits per heavy atom. The fraction of sp³-hybridized carbons (Fsp3) is 0.286. The Morgan fingerprint density at radius 2 is 2.00 bits per heavy atom. The summed E-state index contributed by atoms with van der Waals surface area (Å²) in [6.07, 6.45) is -0.304. The van der Waals surface area contributed by atoms with E-state index in [9.17, 15) is 14.7 Å². The second-order valence-electron chi connectivity index (χ2n) is 4.46. The van der Waals surface area contributed by atoms with Crippen LogP contribution in [-0.4, -0.2) is 17.2 Å². The van der Waals surface area contributed by atoms with Crippen LogP contribution < -0.4 is 15.1 Å². The molecule has 2 aromatic rings. The van der Waals surface area contributed by atoms with Crippen molar-refractivity contribution in [2.45, 2.75) is 26.9 Å². The average molecular weight is 278 g/mol. The molecule has 1 N–H and O–H groups in total. The predicted molar refractivity (Wildman–Crippen MR) is 71.2 cm³/mol. The van der Waals surface area contributed by atoms with Gasteiger partial charge in [-0.2, -0.15) is 0 Å². The van der Waals surface area contributed by atoms with Crippen molar-refractivity contribution < 1.29 is 23.8 Å². The molecule has 20 heavy (non-hydrogen) atoms. The van der Waals surface area contributed by atoms with Gasteiger partial charge in [0.1, 0.15) is 0 Å². The molecule has 106 valence electrons. The van der Waals surface area contributed by atoms with Gasteiger partial charge in [-0.15, -0.1) is 0 Å². The minimum Gasteiger partial charge on any atom is -0.504 e. The molecule has 0 amide bonds. The summed E-state index contributed by atoms with van der Waals surface area (Å²) in [4.78, 5) is 23.1. The number of hydrogen-bond donors (Lipinski definition) is 1. The lowest BCUT2D eigenvalue weighted by Crippen LogP contribution is -2.16. The van der Waals surface area contributed by atoms with Gasteiger partial charge >= 0.3 is 11.6 Å². The van der Waals surface area contributed by atoms with Crippen LogP contribution in [0.15, 0.2) is 27.4 Å². The zero-order chi connectivity index (χ0) is 14.9. The lowest BCUT2D eigenvalue weighted by Gasteiger charge is -2.14. The number of benzene rings is 1. The SMILES string of the molecule is CC(=O)Oc1c(OC(C)C)c(=O)oc2c(O)cccc12. The summed E-state index contributed by atoms with van der Waals surface area (Å²) >= 11 is 0. The number of rotatable bonds is 3. The number of para-hydroxylation sites is 1. The fourth-order valence-electron chi connectivity index (χ4n) is 1.75. The summed E-state index contributed by atoms with van der Waals surface area (Å²) in [5.41, 5.74) is -0.867. The molecule has 6 heteroatoms. The van der Waals surface area contributed by atoms with Crippen LogP contribution in [0, 0.1) is 0 Å². The molecule has 2 rings (SSSR count). The van der Waals surface area contributed by atoms with Crippen LogP contribution in [0.2, 0.25) is 0 Å². The minimum atomic E-state index is -0.816. The molecular formula is C14H14O6. The average Bonchev–Trinajstić information content (AvgIpc) is 2.34. The molecule has 1 heterocycles. The molecule has 0 aliphatic carbocycles. The van der Waals surface area contributed by atoms with Crippen LogP contribution >= 0.6 is 0 Å². The Morgan fingerprint density at radius 3 is 2.60 bits per heavy atom. The van der Waals surface area contributed by atoms with Crippen molar-refractivity contribution in [2.24, 2.45) is 0 Å². The van der Waals surface area contributed by atoms with Crippen LogP contribution in [0.25, 0.3) is 11.0 Å². The van der Waals surface area contributed by atoms with Gasteiger partial charge in [-0.1, -0.05) is 6.07 Å². The maximum Gasteiger partial charge on any atom is 0.383 e. The van der Waals surface area contributed by atoms with Crippen LogP contribution in [0.3, 0.4) is 0 Å². The molecule has 0 radical (unpaired) electrons. The van der Waals surface area contributed by atoms with Crippen LogP contribution in [0.5, 0.6) is 17.2 Å². The zero-order valence-electron chi connectivity index (χ0n) is 11.3. The monoisotopic (exact) mass is 278 g/mol. The number of carbonyl (C=O) groups excluding carboxylic acids is 1. The maximum atomic E-state index is 11.9. The summed E-state index contributed by atoms with van der Waals surface area (Å²) < 4.78 is 15.4. The summed E-state index contributed by atoms with van der Waals surface area (Å²) in [7, 11) is 0. The van der Waals surface area contributed by atoms with Crippen molar-refractivity contribution in [1.29, 1.82) is 0 Å². The quantitative estimate of drug-likeness (QED) is 0.684. The van der Waals surface area contributed by atoms with E-state index in [4.69, 9.17) is 13.9 Å². The molecule has 0 bridgehead atoms. The summed E-state index contributed by atoms with van der Waals surface area (Å²) in [6, 6.07) is 4.47. The standard InChI is InChI=1S/C14H14O6/c1-7(2)18-13-12(19-8(3)15)9-5-4-6-10(16)11(9)20-14(13)17/h4-7,16H,1-3H3. The molecule has 0 unspecified atom stereocenters. The van der Waals surface area contributed by atoms with E-state index in [1.165, 1.54) is 13.0 Å². The second-order valence-corrected chi connectivity index (χ2v) is 4.46. The highest BCUT2D eigenvalue weighted by atomic mass is 16.6. The Bertz CT molecular complexity index is 713. The molecule has 1 aromatic carbocycles. The number of phenols is 1. The Balaban J connectivity index is 2.80. The van der Waals surface area contributed by atoms with E-state index in [2.05, 4.69) is 0 Å². The maximum absolute atomic E-state index is 11.9. The first-order valence-electron chi connectivity index (χ1n) is 6.04. The van der Waals surface area contributed by atoms with Gasteiger partial charge in [-0.25, -0.2) is 4.79 Å². The molecule has 0 aliphatic rings. The van der Waals surface area contributed by atoms with Gasteiger partial charge in [-0.3, -0.25) is 4.79 Å². The largest absolute Gasteiger partial charge is 0.504 e. The van der Waals surface area contributed by atoms with Crippen molar-refractivity contribution in [3.05, 3.63) is 28.6 Å². The van der Waals surface area contributed by atoms with Crippen LogP contribution in [-0.2, 0) is 4.79 Å². The lowest BCUT2D eigenvalue weighted by molar-refractivity contribution is -0.131. The highest BCUT2D eigenvalue weighted by Gasteiger charge is 2.21. The topological polar surface area (TPSA) is 86.0 Å². The fourth-order valence-corrected chi connectivity index (χ4v) is 1.75. The summed E-state index contributed by atoms with van der Waals surface area (Å²) in [5.74, 6) is -1.06. The Hall–Kier alpha value is -2.50. The Labute approximate surface area is 114 Å². The molecule has 1 aromatic heterocycles. The van der Waals surface area contributed by atoms with Crippen molar-refractivity contribution in [3.8, 4) is 17.2 Å². The molecule has 0 spiro atoms. The van der Waals surface area contributed by atoms with E-state index in [1.54, 1.807) is 26.0 Å². The van der Waals surface area contributed by atoms with Crippen molar-refractivity contribution in [3.63, 3.8) is 0 Å². The van der Waals surface area contributed by atoms with E-state index >= 15 is 0 Å². The van der Waals surface area contributed by atoms with Gasteiger partial charge in [0, 0.05) is 6.92 Å². The molecule has 0 saturated heterocycles. The third-order valence-corrected chi connectivity index (χ3v) is 2.42. The summed E-state index contributed by atoms with van der Waals surface area (Å²) in [6.45, 7) is 4.66. The van der Waals surface area contributed by atoms with Gasteiger partial charge in [0.2, 0.25) is 5.75 Å². The van der Waals surface area contributed by atoms with Gasteiger partial charge in [-0.05, 0) is 26.0 Å². The third kappa shape index (κ3) is 2.59. The number of hydrogen-bond acceptors (Lipinski definition) is 6. The van der Waals surface area contributed by atoms with Gasteiger partial charge in [0.05, 0.1) is 11.5 Å². The molecule has 6 nitrogen and oxygen atoms in total. The molecule has 0 fully saturated rings. The van der Waals surface area contributed by atoms with E-state index in [0.717, 1.165) is 0 Å². The Kier molecular flexibility index (Phi) is 3.65. The van der Waals surface area contributed by atoms with Crippen molar-refractivity contribution in [2.75, 3.05) is 0 Å². The first-order chi connectivity index (χ1) is 9.40. The van der Waals surface area contributed by atoms with Crippen LogP contribution in [0.4, 0.5) is 0 Å². The number of aromatic hydroxyl groups is 1. The molecular weight excluding hydrogens is 264 g/mol. The lowest BCUT2D eigenvalue weighted by atomic mass is 10.2. The highest BCUT2D eigenvalue weighted by molar-refractivity contribution is 5.91. The van der Waals surface area contributed by atoms with Gasteiger partial charge in [0.25, 0.3) is 0 Å². The van der Waals surface area contributed by atoms with Crippen LogP contribution in [0.1, 0.15) is 20.8 Å². The molecule has 0 saturated carbocycles. The van der Waals surface area contributed by atoms with Crippen molar-refractivity contribution >= 4 is 16.9 Å². The number of esters is 1. The number of carbonyl (C=O) groups is 1. The van der Waals surface area contributed by atoms with Gasteiger partial charge in [0.15, 0.2) is 17.1 Å². The highest BCUT2D eigenvalue weighted by Crippen LogP contribution is 2.36. The second kappa shape index (κ2) is 5.24. The van der Waals surface area contributed by atoms with E-state index in [1.807, 2.05) is 0 Å². The van der Waals surface area contributed by atoms with E-state index < -0.39 is 11.6 Å². The molecule has 0 atom stereocenters. The summed E-state index contributed by atoms with van der Waals surface area (Å²) in [5, 5.41) is 10.0. The zero-order valence-corrected chi connectivity index (χ0v) is 11.3. The molecule has 0 aliphatic heterocycles. The number of ether oxygens (including phenoxy) is 2. The third-order valence-electron chi connectivity index (χ3n) is 2.42. The minimum absolute atomic E-state index is 0.0478. The smallest absolute Gasteiger partial charge is 0.383 e.